The molecule has 0 aliphatic rings. The lowest BCUT2D eigenvalue weighted by molar-refractivity contribution is 0.262. The SMILES string of the molecule is Cn1nnc2cc(NC(=O)Nc3cccc(Br)c3)ccc21. The number of nitrogens with one attached hydrogen (secondary N) is 2. The van der Waals surface area contributed by atoms with Gasteiger partial charge >= 0.3 is 6.03 Å². The number of benzene rings is 2. The first kappa shape index (κ1) is 13.6. The zero-order valence-corrected chi connectivity index (χ0v) is 12.8. The van der Waals surface area contributed by atoms with E-state index >= 15 is 0 Å². The Morgan fingerprint density at radius 1 is 1.14 bits per heavy atom. The highest BCUT2D eigenvalue weighted by Crippen LogP contribution is 2.18. The predicted molar refractivity (Wildman–Crippen MR) is 85.3 cm³/mol. The fraction of sp³-hybridized carbons (Fsp3) is 0.0714. The summed E-state index contributed by atoms with van der Waals surface area (Å²) in [5.74, 6) is 0. The Balaban J connectivity index is 1.73. The van der Waals surface area contributed by atoms with E-state index in [-0.39, 0.29) is 6.03 Å². The highest BCUT2D eigenvalue weighted by Gasteiger charge is 2.06. The van der Waals surface area contributed by atoms with Gasteiger partial charge in [0, 0.05) is 22.9 Å². The zero-order valence-electron chi connectivity index (χ0n) is 11.2. The Labute approximate surface area is 129 Å². The van der Waals surface area contributed by atoms with Crippen LogP contribution in [0.15, 0.2) is 46.9 Å². The van der Waals surface area contributed by atoms with Gasteiger partial charge in [-0.2, -0.15) is 0 Å². The van der Waals surface area contributed by atoms with Crippen LogP contribution in [0.3, 0.4) is 0 Å². The van der Waals surface area contributed by atoms with Gasteiger partial charge in [0.2, 0.25) is 0 Å². The predicted octanol–water partition coefficient (Wildman–Crippen LogP) is 3.37. The lowest BCUT2D eigenvalue weighted by atomic mass is 10.2. The molecule has 0 atom stereocenters. The van der Waals surface area contributed by atoms with Gasteiger partial charge in [-0.25, -0.2) is 9.48 Å². The summed E-state index contributed by atoms with van der Waals surface area (Å²) < 4.78 is 2.59. The largest absolute Gasteiger partial charge is 0.323 e. The van der Waals surface area contributed by atoms with Crippen molar-refractivity contribution in [3.63, 3.8) is 0 Å². The van der Waals surface area contributed by atoms with E-state index < -0.39 is 0 Å². The summed E-state index contributed by atoms with van der Waals surface area (Å²) in [5.41, 5.74) is 3.02. The third-order valence-corrected chi connectivity index (χ3v) is 3.44. The van der Waals surface area contributed by atoms with Crippen LogP contribution >= 0.6 is 15.9 Å². The van der Waals surface area contributed by atoms with Gasteiger partial charge in [0.25, 0.3) is 0 Å². The van der Waals surface area contributed by atoms with E-state index in [2.05, 4.69) is 36.9 Å². The summed E-state index contributed by atoms with van der Waals surface area (Å²) in [7, 11) is 1.82. The number of hydrogen-bond acceptors (Lipinski definition) is 3. The van der Waals surface area contributed by atoms with Crippen molar-refractivity contribution in [2.75, 3.05) is 10.6 Å². The first-order valence-electron chi connectivity index (χ1n) is 6.25. The highest BCUT2D eigenvalue weighted by atomic mass is 79.9. The molecule has 1 heterocycles. The van der Waals surface area contributed by atoms with Crippen molar-refractivity contribution in [3.8, 4) is 0 Å². The molecule has 2 aromatic carbocycles. The van der Waals surface area contributed by atoms with Crippen molar-refractivity contribution in [2.45, 2.75) is 0 Å². The van der Waals surface area contributed by atoms with Crippen LogP contribution in [-0.4, -0.2) is 21.0 Å². The van der Waals surface area contributed by atoms with E-state index in [1.807, 2.05) is 43.4 Å². The third kappa shape index (κ3) is 3.03. The second kappa shape index (κ2) is 5.53. The van der Waals surface area contributed by atoms with Crippen molar-refractivity contribution in [2.24, 2.45) is 7.05 Å². The lowest BCUT2D eigenvalue weighted by Gasteiger charge is -2.08. The number of urea groups is 1. The van der Waals surface area contributed by atoms with Crippen LogP contribution in [0, 0.1) is 0 Å². The number of anilines is 2. The molecule has 0 saturated carbocycles. The van der Waals surface area contributed by atoms with Crippen LogP contribution in [-0.2, 0) is 7.05 Å². The number of carbonyl (C=O) groups is 1. The number of aromatic nitrogens is 3. The molecule has 21 heavy (non-hydrogen) atoms. The molecule has 0 bridgehead atoms. The van der Waals surface area contributed by atoms with E-state index in [0.29, 0.717) is 11.4 Å². The molecule has 0 radical (unpaired) electrons. The quantitative estimate of drug-likeness (QED) is 0.747. The van der Waals surface area contributed by atoms with E-state index in [1.54, 1.807) is 10.7 Å². The van der Waals surface area contributed by atoms with Crippen molar-refractivity contribution >= 4 is 44.4 Å². The summed E-state index contributed by atoms with van der Waals surface area (Å²) in [6, 6.07) is 12.5. The maximum absolute atomic E-state index is 12.0. The summed E-state index contributed by atoms with van der Waals surface area (Å²) in [6.07, 6.45) is 0. The fourth-order valence-corrected chi connectivity index (χ4v) is 2.38. The monoisotopic (exact) mass is 345 g/mol. The van der Waals surface area contributed by atoms with Crippen LogP contribution < -0.4 is 10.6 Å². The maximum atomic E-state index is 12.0. The number of carbonyl (C=O) groups excluding carboxylic acids is 1. The standard InChI is InChI=1S/C14H12BrN5O/c1-20-13-6-5-11(8-12(13)18-19-20)17-14(21)16-10-4-2-3-9(15)7-10/h2-8H,1H3,(H2,16,17,21). The minimum Gasteiger partial charge on any atom is -0.308 e. The molecule has 6 nitrogen and oxygen atoms in total. The molecule has 0 aliphatic carbocycles. The average molecular weight is 346 g/mol. The minimum absolute atomic E-state index is 0.309. The van der Waals surface area contributed by atoms with Crippen molar-refractivity contribution in [1.82, 2.24) is 15.0 Å². The van der Waals surface area contributed by atoms with E-state index in [1.165, 1.54) is 0 Å². The van der Waals surface area contributed by atoms with Gasteiger partial charge < -0.3 is 10.6 Å². The molecular weight excluding hydrogens is 334 g/mol. The van der Waals surface area contributed by atoms with Crippen LogP contribution in [0.25, 0.3) is 11.0 Å². The van der Waals surface area contributed by atoms with Crippen molar-refractivity contribution in [3.05, 3.63) is 46.9 Å². The molecule has 2 amide bonds. The third-order valence-electron chi connectivity index (χ3n) is 2.95. The average Bonchev–Trinajstić information content (AvgIpc) is 2.80. The van der Waals surface area contributed by atoms with E-state index in [4.69, 9.17) is 0 Å². The molecule has 1 aromatic heterocycles. The van der Waals surface area contributed by atoms with E-state index in [9.17, 15) is 4.79 Å². The fourth-order valence-electron chi connectivity index (χ4n) is 1.98. The first-order chi connectivity index (χ1) is 10.1. The number of hydrogen-bond donors (Lipinski definition) is 2. The second-order valence-electron chi connectivity index (χ2n) is 4.51. The number of rotatable bonds is 2. The Morgan fingerprint density at radius 3 is 2.67 bits per heavy atom. The first-order valence-corrected chi connectivity index (χ1v) is 7.04. The smallest absolute Gasteiger partial charge is 0.308 e. The molecule has 3 aromatic rings. The number of fused-ring (bicyclic) bond motifs is 1. The molecule has 0 fully saturated rings. The number of halogens is 1. The van der Waals surface area contributed by atoms with Gasteiger partial charge in [-0.05, 0) is 36.4 Å². The Kier molecular flexibility index (Phi) is 3.57. The Morgan fingerprint density at radius 2 is 1.90 bits per heavy atom. The second-order valence-corrected chi connectivity index (χ2v) is 5.42. The summed E-state index contributed by atoms with van der Waals surface area (Å²) >= 11 is 3.36. The van der Waals surface area contributed by atoms with Crippen LogP contribution in [0.1, 0.15) is 0 Å². The molecule has 7 heteroatoms. The molecule has 0 aliphatic heterocycles. The van der Waals surface area contributed by atoms with Crippen molar-refractivity contribution in [1.29, 1.82) is 0 Å². The maximum Gasteiger partial charge on any atom is 0.323 e. The van der Waals surface area contributed by atoms with Gasteiger partial charge in [0.1, 0.15) is 5.52 Å². The van der Waals surface area contributed by atoms with Crippen LogP contribution in [0.5, 0.6) is 0 Å². The molecule has 106 valence electrons. The Hall–Kier alpha value is -2.41. The molecule has 0 unspecified atom stereocenters. The van der Waals surface area contributed by atoms with Gasteiger partial charge in [0.15, 0.2) is 0 Å². The Bertz CT molecular complexity index is 814. The normalized spacial score (nSPS) is 10.6. The van der Waals surface area contributed by atoms with Gasteiger partial charge in [-0.3, -0.25) is 0 Å². The van der Waals surface area contributed by atoms with Crippen LogP contribution in [0.2, 0.25) is 0 Å². The van der Waals surface area contributed by atoms with E-state index in [0.717, 1.165) is 15.5 Å². The summed E-state index contributed by atoms with van der Waals surface area (Å²) in [5, 5.41) is 13.5. The summed E-state index contributed by atoms with van der Waals surface area (Å²) in [6.45, 7) is 0. The van der Waals surface area contributed by atoms with Gasteiger partial charge in [-0.1, -0.05) is 27.2 Å². The zero-order chi connectivity index (χ0) is 14.8. The van der Waals surface area contributed by atoms with Crippen LogP contribution in [0.4, 0.5) is 16.2 Å². The molecule has 3 rings (SSSR count). The molecule has 2 N–H and O–H groups in total. The minimum atomic E-state index is -0.309. The highest BCUT2D eigenvalue weighted by molar-refractivity contribution is 9.10. The molecule has 0 spiro atoms. The van der Waals surface area contributed by atoms with Crippen molar-refractivity contribution < 1.29 is 4.79 Å². The number of nitrogens with zero attached hydrogens (tertiary/aromatic N) is 3. The molecular formula is C14H12BrN5O. The lowest BCUT2D eigenvalue weighted by Crippen LogP contribution is -2.19. The van der Waals surface area contributed by atoms with Gasteiger partial charge in [-0.15, -0.1) is 5.10 Å². The van der Waals surface area contributed by atoms with Gasteiger partial charge in [0.05, 0.1) is 5.52 Å². The number of aryl methyl sites for hydroxylation is 1. The summed E-state index contributed by atoms with van der Waals surface area (Å²) in [4.78, 5) is 12.0. The molecule has 0 saturated heterocycles. The number of amides is 2. The topological polar surface area (TPSA) is 71.8 Å².